The van der Waals surface area contributed by atoms with Gasteiger partial charge >= 0.3 is 0 Å². The molecule has 1 aliphatic rings. The van der Waals surface area contributed by atoms with Gasteiger partial charge in [0.05, 0.1) is 11.1 Å². The molecule has 0 radical (unpaired) electrons. The number of rotatable bonds is 3. The summed E-state index contributed by atoms with van der Waals surface area (Å²) >= 11 is 3.48. The monoisotopic (exact) mass is 329 g/mol. The Hall–Kier alpha value is -1.94. The zero-order chi connectivity index (χ0) is 14.1. The van der Waals surface area contributed by atoms with Gasteiger partial charge in [-0.25, -0.2) is 0 Å². The molecule has 0 unspecified atom stereocenters. The Kier molecular flexibility index (Phi) is 3.40. The average molecular weight is 330 g/mol. The van der Waals surface area contributed by atoms with Crippen LogP contribution in [0.25, 0.3) is 0 Å². The van der Waals surface area contributed by atoms with E-state index >= 15 is 0 Å². The minimum atomic E-state index is -0.197. The van der Waals surface area contributed by atoms with Crippen LogP contribution in [-0.2, 0) is 6.42 Å². The first-order valence-electron chi connectivity index (χ1n) is 6.37. The van der Waals surface area contributed by atoms with Crippen LogP contribution < -0.4 is 0 Å². The molecule has 0 aliphatic carbocycles. The summed E-state index contributed by atoms with van der Waals surface area (Å²) in [6.45, 7) is 0.398. The first-order valence-corrected chi connectivity index (χ1v) is 7.16. The van der Waals surface area contributed by atoms with E-state index in [4.69, 9.17) is 0 Å². The van der Waals surface area contributed by atoms with Gasteiger partial charge in [0.1, 0.15) is 0 Å². The number of carbonyl (C=O) groups excluding carboxylic acids is 2. The van der Waals surface area contributed by atoms with E-state index in [-0.39, 0.29) is 11.8 Å². The van der Waals surface area contributed by atoms with Gasteiger partial charge in [-0.15, -0.1) is 0 Å². The molecule has 1 aliphatic heterocycles. The van der Waals surface area contributed by atoms with Crippen LogP contribution in [0, 0.1) is 0 Å². The third kappa shape index (κ3) is 2.16. The normalized spacial score (nSPS) is 13.8. The molecular weight excluding hydrogens is 318 g/mol. The standard InChI is InChI=1S/C16H12BrNO2/c17-14-8-4-1-5-11(14)9-10-18-15(19)12-6-2-3-7-13(12)16(18)20/h1-8H,9-10H2. The van der Waals surface area contributed by atoms with E-state index in [1.165, 1.54) is 4.90 Å². The predicted octanol–water partition coefficient (Wildman–Crippen LogP) is 3.29. The number of halogens is 1. The number of fused-ring (bicyclic) bond motifs is 1. The van der Waals surface area contributed by atoms with E-state index in [1.807, 2.05) is 24.3 Å². The van der Waals surface area contributed by atoms with Crippen molar-refractivity contribution in [3.8, 4) is 0 Å². The van der Waals surface area contributed by atoms with Gasteiger partial charge in [0.2, 0.25) is 0 Å². The summed E-state index contributed by atoms with van der Waals surface area (Å²) in [7, 11) is 0. The number of amides is 2. The number of carbonyl (C=O) groups is 2. The molecule has 1 heterocycles. The van der Waals surface area contributed by atoms with Crippen molar-refractivity contribution in [2.45, 2.75) is 6.42 Å². The molecule has 4 heteroatoms. The Balaban J connectivity index is 1.79. The maximum Gasteiger partial charge on any atom is 0.261 e. The summed E-state index contributed by atoms with van der Waals surface area (Å²) in [5.74, 6) is -0.393. The highest BCUT2D eigenvalue weighted by atomic mass is 79.9. The Morgan fingerprint density at radius 2 is 1.40 bits per heavy atom. The van der Waals surface area contributed by atoms with Gasteiger partial charge in [-0.2, -0.15) is 0 Å². The van der Waals surface area contributed by atoms with Crippen molar-refractivity contribution >= 4 is 27.7 Å². The molecule has 0 N–H and O–H groups in total. The lowest BCUT2D eigenvalue weighted by molar-refractivity contribution is 0.0656. The van der Waals surface area contributed by atoms with E-state index < -0.39 is 0 Å². The van der Waals surface area contributed by atoms with Crippen molar-refractivity contribution in [2.75, 3.05) is 6.54 Å². The van der Waals surface area contributed by atoms with Crippen molar-refractivity contribution in [2.24, 2.45) is 0 Å². The molecule has 100 valence electrons. The number of benzene rings is 2. The highest BCUT2D eigenvalue weighted by molar-refractivity contribution is 9.10. The lowest BCUT2D eigenvalue weighted by Crippen LogP contribution is -2.31. The van der Waals surface area contributed by atoms with Gasteiger partial charge in [0.25, 0.3) is 11.8 Å². The van der Waals surface area contributed by atoms with Gasteiger partial charge in [-0.1, -0.05) is 46.3 Å². The first-order chi connectivity index (χ1) is 9.68. The minimum Gasteiger partial charge on any atom is -0.274 e. The third-order valence-corrected chi connectivity index (χ3v) is 4.21. The van der Waals surface area contributed by atoms with Gasteiger partial charge in [-0.3, -0.25) is 14.5 Å². The van der Waals surface area contributed by atoms with E-state index in [1.54, 1.807) is 24.3 Å². The zero-order valence-electron chi connectivity index (χ0n) is 10.7. The summed E-state index contributed by atoms with van der Waals surface area (Å²) in [4.78, 5) is 25.7. The second-order valence-electron chi connectivity index (χ2n) is 4.65. The highest BCUT2D eigenvalue weighted by Gasteiger charge is 2.34. The minimum absolute atomic E-state index is 0.197. The molecule has 2 aromatic carbocycles. The van der Waals surface area contributed by atoms with Crippen molar-refractivity contribution in [3.05, 3.63) is 69.7 Å². The van der Waals surface area contributed by atoms with Gasteiger partial charge in [-0.05, 0) is 30.2 Å². The van der Waals surface area contributed by atoms with Crippen LogP contribution in [-0.4, -0.2) is 23.3 Å². The smallest absolute Gasteiger partial charge is 0.261 e. The van der Waals surface area contributed by atoms with E-state index in [9.17, 15) is 9.59 Å². The third-order valence-electron chi connectivity index (χ3n) is 3.44. The van der Waals surface area contributed by atoms with Crippen molar-refractivity contribution in [1.82, 2.24) is 4.90 Å². The number of hydrogen-bond acceptors (Lipinski definition) is 2. The Labute approximate surface area is 125 Å². The van der Waals surface area contributed by atoms with E-state index in [2.05, 4.69) is 15.9 Å². The molecule has 2 aromatic rings. The molecule has 0 atom stereocenters. The van der Waals surface area contributed by atoms with Crippen molar-refractivity contribution < 1.29 is 9.59 Å². The summed E-state index contributed by atoms with van der Waals surface area (Å²) in [5.41, 5.74) is 2.10. The fourth-order valence-corrected chi connectivity index (χ4v) is 2.86. The molecule has 0 saturated carbocycles. The highest BCUT2D eigenvalue weighted by Crippen LogP contribution is 2.23. The van der Waals surface area contributed by atoms with Crippen LogP contribution in [0.4, 0.5) is 0 Å². The molecule has 20 heavy (non-hydrogen) atoms. The second kappa shape index (κ2) is 5.21. The van der Waals surface area contributed by atoms with E-state index in [0.717, 1.165) is 10.0 Å². The lowest BCUT2D eigenvalue weighted by Gasteiger charge is -2.14. The molecule has 3 nitrogen and oxygen atoms in total. The number of nitrogens with zero attached hydrogens (tertiary/aromatic N) is 1. The second-order valence-corrected chi connectivity index (χ2v) is 5.50. The largest absolute Gasteiger partial charge is 0.274 e. The van der Waals surface area contributed by atoms with Crippen LogP contribution in [0.1, 0.15) is 26.3 Å². The zero-order valence-corrected chi connectivity index (χ0v) is 12.3. The molecule has 0 spiro atoms. The van der Waals surface area contributed by atoms with Crippen LogP contribution in [0.5, 0.6) is 0 Å². The average Bonchev–Trinajstić information content (AvgIpc) is 2.71. The van der Waals surface area contributed by atoms with Crippen molar-refractivity contribution in [3.63, 3.8) is 0 Å². The number of imide groups is 1. The topological polar surface area (TPSA) is 37.4 Å². The molecule has 0 saturated heterocycles. The Morgan fingerprint density at radius 1 is 0.850 bits per heavy atom. The SMILES string of the molecule is O=C1c2ccccc2C(=O)N1CCc1ccccc1Br. The maximum absolute atomic E-state index is 12.2. The summed E-state index contributed by atoms with van der Waals surface area (Å²) in [6, 6.07) is 14.8. The summed E-state index contributed by atoms with van der Waals surface area (Å²) in [5, 5.41) is 0. The fourth-order valence-electron chi connectivity index (χ4n) is 2.38. The first kappa shape index (κ1) is 13.1. The molecule has 0 aromatic heterocycles. The molecule has 0 bridgehead atoms. The van der Waals surface area contributed by atoms with Crippen LogP contribution in [0.2, 0.25) is 0 Å². The molecule has 3 rings (SSSR count). The maximum atomic E-state index is 12.2. The van der Waals surface area contributed by atoms with Crippen molar-refractivity contribution in [1.29, 1.82) is 0 Å². The van der Waals surface area contributed by atoms with Crippen LogP contribution in [0.3, 0.4) is 0 Å². The lowest BCUT2D eigenvalue weighted by atomic mass is 10.1. The molecule has 2 amide bonds. The summed E-state index contributed by atoms with van der Waals surface area (Å²) in [6.07, 6.45) is 0.646. The number of hydrogen-bond donors (Lipinski definition) is 0. The van der Waals surface area contributed by atoms with E-state index in [0.29, 0.717) is 24.1 Å². The summed E-state index contributed by atoms with van der Waals surface area (Å²) < 4.78 is 0.997. The van der Waals surface area contributed by atoms with Gasteiger partial charge in [0.15, 0.2) is 0 Å². The van der Waals surface area contributed by atoms with Crippen LogP contribution in [0.15, 0.2) is 53.0 Å². The van der Waals surface area contributed by atoms with Crippen LogP contribution >= 0.6 is 15.9 Å². The molecular formula is C16H12BrNO2. The van der Waals surface area contributed by atoms with Gasteiger partial charge in [0, 0.05) is 11.0 Å². The molecule has 0 fully saturated rings. The van der Waals surface area contributed by atoms with Gasteiger partial charge < -0.3 is 0 Å². The predicted molar refractivity (Wildman–Crippen MR) is 79.7 cm³/mol. The fraction of sp³-hybridized carbons (Fsp3) is 0.125. The quantitative estimate of drug-likeness (QED) is 0.810. The Bertz CT molecular complexity index is 661. The Morgan fingerprint density at radius 3 is 2.00 bits per heavy atom.